The van der Waals surface area contributed by atoms with Gasteiger partial charge in [-0.15, -0.1) is 10.2 Å². The first kappa shape index (κ1) is 19.0. The van der Waals surface area contributed by atoms with Gasteiger partial charge in [-0.25, -0.2) is 8.42 Å². The quantitative estimate of drug-likeness (QED) is 0.711. The van der Waals surface area contributed by atoms with Crippen LogP contribution < -0.4 is 14.9 Å². The van der Waals surface area contributed by atoms with E-state index in [9.17, 15) is 8.42 Å². The summed E-state index contributed by atoms with van der Waals surface area (Å²) in [5.74, 6) is 0.831. The molecule has 0 amide bonds. The van der Waals surface area contributed by atoms with Gasteiger partial charge in [0.1, 0.15) is 0 Å². The topological polar surface area (TPSA) is 87.2 Å². The Morgan fingerprint density at radius 1 is 0.920 bits per heavy atom. The van der Waals surface area contributed by atoms with Crippen molar-refractivity contribution < 1.29 is 8.42 Å². The molecule has 2 rings (SSSR count). The van der Waals surface area contributed by atoms with Crippen LogP contribution in [-0.4, -0.2) is 37.5 Å². The van der Waals surface area contributed by atoms with E-state index in [-0.39, 0.29) is 11.6 Å². The maximum absolute atomic E-state index is 11.7. The van der Waals surface area contributed by atoms with Crippen LogP contribution in [0.4, 0.5) is 23.0 Å². The SMILES string of the molecule is CCCS(=O)(=O)Nc1ccc(Nc2ccc(N(CC)CC)cc2)nn1. The number of nitrogens with zero attached hydrogens (tertiary/aromatic N) is 3. The molecular formula is C17H25N5O2S. The Morgan fingerprint density at radius 2 is 1.52 bits per heavy atom. The van der Waals surface area contributed by atoms with Crippen LogP contribution >= 0.6 is 0 Å². The Balaban J connectivity index is 2.01. The Labute approximate surface area is 149 Å². The number of anilines is 4. The van der Waals surface area contributed by atoms with Crippen LogP contribution in [0.3, 0.4) is 0 Å². The molecule has 1 aromatic carbocycles. The molecule has 136 valence electrons. The number of sulfonamides is 1. The zero-order valence-electron chi connectivity index (χ0n) is 14.9. The lowest BCUT2D eigenvalue weighted by Crippen LogP contribution is -2.21. The Morgan fingerprint density at radius 3 is 2.04 bits per heavy atom. The first-order valence-corrected chi connectivity index (χ1v) is 10.1. The molecule has 25 heavy (non-hydrogen) atoms. The Hall–Kier alpha value is -2.35. The molecule has 0 radical (unpaired) electrons. The predicted octanol–water partition coefficient (Wildman–Crippen LogP) is 3.22. The van der Waals surface area contributed by atoms with Crippen molar-refractivity contribution in [3.05, 3.63) is 36.4 Å². The molecule has 0 atom stereocenters. The predicted molar refractivity (Wildman–Crippen MR) is 103 cm³/mol. The second-order valence-electron chi connectivity index (χ2n) is 5.57. The third-order valence-corrected chi connectivity index (χ3v) is 5.13. The average molecular weight is 363 g/mol. The Bertz CT molecular complexity index is 757. The lowest BCUT2D eigenvalue weighted by atomic mass is 10.2. The molecule has 0 spiro atoms. The maximum atomic E-state index is 11.7. The lowest BCUT2D eigenvalue weighted by molar-refractivity contribution is 0.599. The van der Waals surface area contributed by atoms with E-state index >= 15 is 0 Å². The van der Waals surface area contributed by atoms with Gasteiger partial charge in [0.15, 0.2) is 11.6 Å². The smallest absolute Gasteiger partial charge is 0.233 e. The van der Waals surface area contributed by atoms with Crippen molar-refractivity contribution in [2.24, 2.45) is 0 Å². The molecule has 0 aliphatic carbocycles. The van der Waals surface area contributed by atoms with E-state index in [1.807, 2.05) is 19.1 Å². The number of nitrogens with one attached hydrogen (secondary N) is 2. The summed E-state index contributed by atoms with van der Waals surface area (Å²) in [4.78, 5) is 2.26. The molecule has 1 heterocycles. The van der Waals surface area contributed by atoms with Crippen molar-refractivity contribution in [3.63, 3.8) is 0 Å². The summed E-state index contributed by atoms with van der Waals surface area (Å²) in [6.07, 6.45) is 0.548. The molecule has 0 aliphatic heterocycles. The van der Waals surface area contributed by atoms with Crippen molar-refractivity contribution in [2.75, 3.05) is 33.8 Å². The fourth-order valence-electron chi connectivity index (χ4n) is 2.42. The van der Waals surface area contributed by atoms with Crippen LogP contribution in [0.25, 0.3) is 0 Å². The van der Waals surface area contributed by atoms with Crippen molar-refractivity contribution in [2.45, 2.75) is 27.2 Å². The Kier molecular flexibility index (Phi) is 6.58. The van der Waals surface area contributed by atoms with E-state index in [2.05, 4.69) is 51.1 Å². The summed E-state index contributed by atoms with van der Waals surface area (Å²) in [6, 6.07) is 11.3. The van der Waals surface area contributed by atoms with E-state index in [0.29, 0.717) is 12.2 Å². The summed E-state index contributed by atoms with van der Waals surface area (Å²) in [6.45, 7) is 7.99. The van der Waals surface area contributed by atoms with Gasteiger partial charge in [0.2, 0.25) is 10.0 Å². The van der Waals surface area contributed by atoms with Gasteiger partial charge in [-0.1, -0.05) is 6.92 Å². The number of aromatic nitrogens is 2. The van der Waals surface area contributed by atoms with Gasteiger partial charge < -0.3 is 10.2 Å². The molecule has 0 aliphatic rings. The minimum Gasteiger partial charge on any atom is -0.372 e. The van der Waals surface area contributed by atoms with E-state index in [1.54, 1.807) is 12.1 Å². The highest BCUT2D eigenvalue weighted by Crippen LogP contribution is 2.20. The first-order chi connectivity index (χ1) is 12.0. The zero-order valence-corrected chi connectivity index (χ0v) is 15.7. The summed E-state index contributed by atoms with van der Waals surface area (Å²) in [5.41, 5.74) is 2.06. The molecule has 0 saturated carbocycles. The highest BCUT2D eigenvalue weighted by molar-refractivity contribution is 7.92. The van der Waals surface area contributed by atoms with Gasteiger partial charge in [0, 0.05) is 24.5 Å². The molecule has 0 unspecified atom stereocenters. The van der Waals surface area contributed by atoms with Gasteiger partial charge in [-0.3, -0.25) is 4.72 Å². The van der Waals surface area contributed by atoms with Gasteiger partial charge in [-0.2, -0.15) is 0 Å². The fourth-order valence-corrected chi connectivity index (χ4v) is 3.49. The van der Waals surface area contributed by atoms with Crippen LogP contribution in [0, 0.1) is 0 Å². The zero-order chi connectivity index (χ0) is 18.3. The minimum atomic E-state index is -3.35. The normalized spacial score (nSPS) is 11.2. The van der Waals surface area contributed by atoms with E-state index in [1.165, 1.54) is 5.69 Å². The largest absolute Gasteiger partial charge is 0.372 e. The third kappa shape index (κ3) is 5.60. The van der Waals surface area contributed by atoms with Crippen LogP contribution in [0.1, 0.15) is 27.2 Å². The molecule has 1 aromatic heterocycles. The van der Waals surface area contributed by atoms with Gasteiger partial charge in [-0.05, 0) is 56.7 Å². The summed E-state index contributed by atoms with van der Waals surface area (Å²) in [5, 5.41) is 11.1. The number of hydrogen-bond donors (Lipinski definition) is 2. The number of hydrogen-bond acceptors (Lipinski definition) is 6. The molecular weight excluding hydrogens is 338 g/mol. The first-order valence-electron chi connectivity index (χ1n) is 8.43. The van der Waals surface area contributed by atoms with Crippen LogP contribution in [-0.2, 0) is 10.0 Å². The average Bonchev–Trinajstić information content (AvgIpc) is 2.59. The minimum absolute atomic E-state index is 0.0631. The van der Waals surface area contributed by atoms with Crippen molar-refractivity contribution in [1.29, 1.82) is 0 Å². The molecule has 7 nitrogen and oxygen atoms in total. The molecule has 2 N–H and O–H groups in total. The second-order valence-corrected chi connectivity index (χ2v) is 7.41. The third-order valence-electron chi connectivity index (χ3n) is 3.67. The van der Waals surface area contributed by atoms with Gasteiger partial charge in [0.25, 0.3) is 0 Å². The van der Waals surface area contributed by atoms with Crippen LogP contribution in [0.15, 0.2) is 36.4 Å². The molecule has 0 bridgehead atoms. The van der Waals surface area contributed by atoms with Crippen molar-refractivity contribution in [1.82, 2.24) is 10.2 Å². The summed E-state index contributed by atoms with van der Waals surface area (Å²) >= 11 is 0. The molecule has 0 saturated heterocycles. The summed E-state index contributed by atoms with van der Waals surface area (Å²) < 4.78 is 25.8. The lowest BCUT2D eigenvalue weighted by Gasteiger charge is -2.21. The monoisotopic (exact) mass is 363 g/mol. The maximum Gasteiger partial charge on any atom is 0.233 e. The van der Waals surface area contributed by atoms with E-state index in [0.717, 1.165) is 18.8 Å². The summed E-state index contributed by atoms with van der Waals surface area (Å²) in [7, 11) is -3.35. The number of benzene rings is 1. The van der Waals surface area contributed by atoms with Crippen LogP contribution in [0.5, 0.6) is 0 Å². The fraction of sp³-hybridized carbons (Fsp3) is 0.412. The second kappa shape index (κ2) is 8.66. The molecule has 0 fully saturated rings. The molecule has 8 heteroatoms. The number of rotatable bonds is 9. The molecule has 2 aromatic rings. The highest BCUT2D eigenvalue weighted by atomic mass is 32.2. The van der Waals surface area contributed by atoms with Gasteiger partial charge in [0.05, 0.1) is 5.75 Å². The van der Waals surface area contributed by atoms with E-state index < -0.39 is 10.0 Å². The van der Waals surface area contributed by atoms with Crippen LogP contribution in [0.2, 0.25) is 0 Å². The van der Waals surface area contributed by atoms with Crippen molar-refractivity contribution >= 4 is 33.0 Å². The highest BCUT2D eigenvalue weighted by Gasteiger charge is 2.10. The van der Waals surface area contributed by atoms with Gasteiger partial charge >= 0.3 is 0 Å². The van der Waals surface area contributed by atoms with E-state index in [4.69, 9.17) is 0 Å². The standard InChI is InChI=1S/C17H25N5O2S/c1-4-13-25(23,24)21-17-12-11-16(19-20-17)18-14-7-9-15(10-8-14)22(5-2)6-3/h7-12H,4-6,13H2,1-3H3,(H,18,19)(H,20,21). The van der Waals surface area contributed by atoms with Crippen molar-refractivity contribution in [3.8, 4) is 0 Å².